The maximum atomic E-state index is 12.4. The van der Waals surface area contributed by atoms with Gasteiger partial charge >= 0.3 is 5.97 Å². The highest BCUT2D eigenvalue weighted by Crippen LogP contribution is 2.11. The minimum absolute atomic E-state index is 0.00330. The van der Waals surface area contributed by atoms with Crippen LogP contribution in [0.1, 0.15) is 12.0 Å². The topological polar surface area (TPSA) is 171 Å². The third-order valence-corrected chi connectivity index (χ3v) is 5.25. The molecule has 0 saturated heterocycles. The number of thioether (sulfide) groups is 1. The second kappa shape index (κ2) is 13.8. The summed E-state index contributed by atoms with van der Waals surface area (Å²) in [5, 5.41) is 26.0. The highest BCUT2D eigenvalue weighted by Gasteiger charge is 2.25. The van der Waals surface area contributed by atoms with Gasteiger partial charge in [-0.3, -0.25) is 14.4 Å². The predicted octanol–water partition coefficient (Wildman–Crippen LogP) is -0.885. The summed E-state index contributed by atoms with van der Waals surface area (Å²) in [5.74, 6) is -2.28. The Balaban J connectivity index is 2.64. The van der Waals surface area contributed by atoms with Crippen molar-refractivity contribution < 1.29 is 29.4 Å². The third kappa shape index (κ3) is 9.94. The van der Waals surface area contributed by atoms with Crippen molar-refractivity contribution in [2.24, 2.45) is 5.73 Å². The molecule has 0 saturated carbocycles. The van der Waals surface area contributed by atoms with E-state index in [9.17, 15) is 29.4 Å². The number of hydrogen-bond acceptors (Lipinski definition) is 8. The maximum absolute atomic E-state index is 12.4. The van der Waals surface area contributed by atoms with Crippen LogP contribution in [0.2, 0.25) is 0 Å². The molecule has 0 aliphatic heterocycles. The monoisotopic (exact) mass is 472 g/mol. The van der Waals surface area contributed by atoms with Gasteiger partial charge in [0.2, 0.25) is 17.7 Å². The SMILES string of the molecule is CSCCC(NC(=O)C(N)CS)C(=O)NCC(=O)NC(Cc1ccc(O)cc1)C(=O)O. The lowest BCUT2D eigenvalue weighted by molar-refractivity contribution is -0.141. The van der Waals surface area contributed by atoms with Crippen molar-refractivity contribution in [1.29, 1.82) is 0 Å². The van der Waals surface area contributed by atoms with E-state index in [0.29, 0.717) is 17.7 Å². The number of carbonyl (C=O) groups is 4. The number of carbonyl (C=O) groups excluding carboxylic acids is 3. The lowest BCUT2D eigenvalue weighted by Gasteiger charge is -2.20. The fraction of sp³-hybridized carbons (Fsp3) is 0.474. The number of aliphatic carboxylic acids is 1. The summed E-state index contributed by atoms with van der Waals surface area (Å²) in [6.45, 7) is -0.456. The molecule has 0 fully saturated rings. The number of carboxylic acid groups (broad SMARTS) is 1. The lowest BCUT2D eigenvalue weighted by atomic mass is 10.1. The smallest absolute Gasteiger partial charge is 0.326 e. The summed E-state index contributed by atoms with van der Waals surface area (Å²) >= 11 is 5.44. The van der Waals surface area contributed by atoms with Crippen molar-refractivity contribution in [3.05, 3.63) is 29.8 Å². The third-order valence-electron chi connectivity index (χ3n) is 4.21. The molecule has 10 nitrogen and oxygen atoms in total. The van der Waals surface area contributed by atoms with Gasteiger partial charge < -0.3 is 31.9 Å². The molecule has 31 heavy (non-hydrogen) atoms. The van der Waals surface area contributed by atoms with Crippen LogP contribution in [0.3, 0.4) is 0 Å². The first-order valence-electron chi connectivity index (χ1n) is 9.41. The Labute approximate surface area is 190 Å². The quantitative estimate of drug-likeness (QED) is 0.181. The first-order chi connectivity index (χ1) is 14.7. The highest BCUT2D eigenvalue weighted by atomic mass is 32.2. The fourth-order valence-electron chi connectivity index (χ4n) is 2.47. The van der Waals surface area contributed by atoms with Crippen LogP contribution in [-0.4, -0.2) is 76.3 Å². The normalized spacial score (nSPS) is 13.5. The first-order valence-corrected chi connectivity index (χ1v) is 11.4. The fourth-order valence-corrected chi connectivity index (χ4v) is 3.11. The van der Waals surface area contributed by atoms with Gasteiger partial charge in [0.15, 0.2) is 0 Å². The minimum atomic E-state index is -1.24. The van der Waals surface area contributed by atoms with E-state index in [4.69, 9.17) is 5.73 Å². The average Bonchev–Trinajstić information content (AvgIpc) is 2.74. The summed E-state index contributed by atoms with van der Waals surface area (Å²) < 4.78 is 0. The number of benzene rings is 1. The lowest BCUT2D eigenvalue weighted by Crippen LogP contribution is -2.54. The van der Waals surface area contributed by atoms with Crippen molar-refractivity contribution in [3.63, 3.8) is 0 Å². The second-order valence-corrected chi connectivity index (χ2v) is 8.03. The van der Waals surface area contributed by atoms with Crippen LogP contribution in [0.4, 0.5) is 0 Å². The van der Waals surface area contributed by atoms with E-state index in [-0.39, 0.29) is 17.9 Å². The van der Waals surface area contributed by atoms with Gasteiger partial charge in [-0.05, 0) is 36.1 Å². The number of nitrogens with one attached hydrogen (secondary N) is 3. The number of aromatic hydroxyl groups is 1. The van der Waals surface area contributed by atoms with Crippen molar-refractivity contribution in [1.82, 2.24) is 16.0 Å². The summed E-state index contributed by atoms with van der Waals surface area (Å²) in [6, 6.07) is 2.96. The van der Waals surface area contributed by atoms with E-state index in [1.54, 1.807) is 12.1 Å². The van der Waals surface area contributed by atoms with Crippen LogP contribution in [0, 0.1) is 0 Å². The molecule has 3 amide bonds. The molecule has 1 aromatic rings. The molecule has 0 bridgehead atoms. The number of nitrogens with two attached hydrogens (primary N) is 1. The van der Waals surface area contributed by atoms with Gasteiger partial charge in [0.1, 0.15) is 17.8 Å². The van der Waals surface area contributed by atoms with E-state index in [2.05, 4.69) is 28.6 Å². The number of thiol groups is 1. The molecule has 0 radical (unpaired) electrons. The molecule has 12 heteroatoms. The molecular weight excluding hydrogens is 444 g/mol. The van der Waals surface area contributed by atoms with Crippen LogP contribution in [0.25, 0.3) is 0 Å². The molecule has 0 aliphatic rings. The van der Waals surface area contributed by atoms with Gasteiger partial charge in [0, 0.05) is 12.2 Å². The van der Waals surface area contributed by atoms with Crippen molar-refractivity contribution >= 4 is 48.1 Å². The van der Waals surface area contributed by atoms with Crippen molar-refractivity contribution in [2.75, 3.05) is 24.3 Å². The van der Waals surface area contributed by atoms with Crippen LogP contribution in [0.5, 0.6) is 5.75 Å². The number of phenols is 1. The second-order valence-electron chi connectivity index (χ2n) is 6.68. The number of hydrogen-bond donors (Lipinski definition) is 7. The van der Waals surface area contributed by atoms with Gasteiger partial charge in [-0.2, -0.15) is 24.4 Å². The number of carboxylic acids is 1. The zero-order valence-corrected chi connectivity index (χ0v) is 18.7. The standard InChI is InChI=1S/C19H28N4O6S2/c1-31-7-6-14(23-17(26)13(20)10-30)18(27)21-9-16(25)22-15(19(28)29)8-11-2-4-12(24)5-3-11/h2-5,13-15,24,30H,6-10,20H2,1H3,(H,21,27)(H,22,25)(H,23,26)(H,28,29). The molecule has 7 N–H and O–H groups in total. The number of rotatable bonds is 13. The summed E-state index contributed by atoms with van der Waals surface area (Å²) in [7, 11) is 0. The maximum Gasteiger partial charge on any atom is 0.326 e. The van der Waals surface area contributed by atoms with Gasteiger partial charge in [0.25, 0.3) is 0 Å². The summed E-state index contributed by atoms with van der Waals surface area (Å²) in [5.41, 5.74) is 6.22. The largest absolute Gasteiger partial charge is 0.508 e. The van der Waals surface area contributed by atoms with Crippen molar-refractivity contribution in [3.8, 4) is 5.75 Å². The molecule has 1 aromatic carbocycles. The molecule has 3 atom stereocenters. The van der Waals surface area contributed by atoms with E-state index in [1.165, 1.54) is 23.9 Å². The Kier molecular flexibility index (Phi) is 11.8. The first kappa shape index (κ1) is 26.6. The highest BCUT2D eigenvalue weighted by molar-refractivity contribution is 7.98. The van der Waals surface area contributed by atoms with Gasteiger partial charge in [-0.15, -0.1) is 0 Å². The van der Waals surface area contributed by atoms with Crippen LogP contribution in [-0.2, 0) is 25.6 Å². The summed E-state index contributed by atoms with van der Waals surface area (Å²) in [4.78, 5) is 48.0. The Morgan fingerprint density at radius 2 is 1.74 bits per heavy atom. The van der Waals surface area contributed by atoms with E-state index < -0.39 is 48.4 Å². The molecule has 0 aliphatic carbocycles. The van der Waals surface area contributed by atoms with Gasteiger partial charge in [0.05, 0.1) is 12.6 Å². The molecular formula is C19H28N4O6S2. The van der Waals surface area contributed by atoms with Crippen LogP contribution in [0.15, 0.2) is 24.3 Å². The zero-order valence-electron chi connectivity index (χ0n) is 17.0. The Morgan fingerprint density at radius 3 is 2.29 bits per heavy atom. The Hall–Kier alpha value is -2.44. The van der Waals surface area contributed by atoms with Gasteiger partial charge in [-0.25, -0.2) is 4.79 Å². The summed E-state index contributed by atoms with van der Waals surface area (Å²) in [6.07, 6.45) is 2.19. The molecule has 0 aromatic heterocycles. The zero-order chi connectivity index (χ0) is 23.4. The molecule has 3 unspecified atom stereocenters. The molecule has 172 valence electrons. The van der Waals surface area contributed by atoms with Gasteiger partial charge in [-0.1, -0.05) is 12.1 Å². The number of amides is 3. The van der Waals surface area contributed by atoms with E-state index >= 15 is 0 Å². The Bertz CT molecular complexity index is 762. The predicted molar refractivity (Wildman–Crippen MR) is 121 cm³/mol. The van der Waals surface area contributed by atoms with Crippen molar-refractivity contribution in [2.45, 2.75) is 31.0 Å². The van der Waals surface area contributed by atoms with E-state index in [1.807, 2.05) is 6.26 Å². The van der Waals surface area contributed by atoms with Crippen LogP contribution >= 0.6 is 24.4 Å². The number of phenolic OH excluding ortho intramolecular Hbond substituents is 1. The average molecular weight is 473 g/mol. The Morgan fingerprint density at radius 1 is 1.10 bits per heavy atom. The molecule has 0 heterocycles. The molecule has 1 rings (SSSR count). The van der Waals surface area contributed by atoms with E-state index in [0.717, 1.165) is 0 Å². The van der Waals surface area contributed by atoms with Crippen LogP contribution < -0.4 is 21.7 Å². The molecule has 0 spiro atoms. The minimum Gasteiger partial charge on any atom is -0.508 e.